The minimum Gasteiger partial charge on any atom is -0.276 e. The van der Waals surface area contributed by atoms with E-state index in [0.29, 0.717) is 12.1 Å². The molecule has 2 unspecified atom stereocenters. The van der Waals surface area contributed by atoms with Gasteiger partial charge in [0, 0.05) is 25.2 Å². The minimum atomic E-state index is 0.697. The van der Waals surface area contributed by atoms with Crippen molar-refractivity contribution in [2.45, 2.75) is 25.9 Å². The average molecular weight is 196 g/mol. The monoisotopic (exact) mass is 196 g/mol. The van der Waals surface area contributed by atoms with E-state index < -0.39 is 0 Å². The van der Waals surface area contributed by atoms with Gasteiger partial charge in [-0.3, -0.25) is 19.6 Å². The van der Waals surface area contributed by atoms with Crippen LogP contribution in [0.1, 0.15) is 13.8 Å². The lowest BCUT2D eigenvalue weighted by atomic mass is 10.1. The van der Waals surface area contributed by atoms with Crippen LogP contribution in [0.15, 0.2) is 0 Å². The van der Waals surface area contributed by atoms with Gasteiger partial charge >= 0.3 is 0 Å². The van der Waals surface area contributed by atoms with Gasteiger partial charge in [-0.25, -0.2) is 0 Å². The maximum Gasteiger partial charge on any atom is 0.0534 e. The van der Waals surface area contributed by atoms with E-state index in [-0.39, 0.29) is 0 Å². The van der Waals surface area contributed by atoms with Crippen LogP contribution >= 0.6 is 0 Å². The summed E-state index contributed by atoms with van der Waals surface area (Å²) in [6.07, 6.45) is 0. The molecule has 4 rings (SSSR count). The second kappa shape index (κ2) is 3.17. The van der Waals surface area contributed by atoms with E-state index in [2.05, 4.69) is 33.4 Å². The largest absolute Gasteiger partial charge is 0.276 e. The molecule has 4 fully saturated rings. The first-order chi connectivity index (χ1) is 6.74. The standard InChI is InChI=1S/C10H20N4/c1-9-10(2)14-7-11-3-4-12(8-14)6-13(9)5-11/h9-10H,3-8H2,1-2H3. The SMILES string of the molecule is CC1C(C)N2CN3CCN(CN1C3)C2. The second-order valence-electron chi connectivity index (χ2n) is 5.01. The van der Waals surface area contributed by atoms with E-state index in [9.17, 15) is 0 Å². The third-order valence-corrected chi connectivity index (χ3v) is 4.11. The molecule has 4 bridgehead atoms. The predicted molar refractivity (Wildman–Crippen MR) is 55.5 cm³/mol. The van der Waals surface area contributed by atoms with Crippen LogP contribution < -0.4 is 0 Å². The Morgan fingerprint density at radius 1 is 0.714 bits per heavy atom. The van der Waals surface area contributed by atoms with Crippen LogP contribution in [0.2, 0.25) is 0 Å². The molecule has 4 heterocycles. The molecule has 4 aliphatic rings. The summed E-state index contributed by atoms with van der Waals surface area (Å²) < 4.78 is 0. The highest BCUT2D eigenvalue weighted by Gasteiger charge is 2.38. The van der Waals surface area contributed by atoms with Gasteiger partial charge in [0.1, 0.15) is 0 Å². The first kappa shape index (κ1) is 9.09. The Morgan fingerprint density at radius 2 is 1.07 bits per heavy atom. The fourth-order valence-corrected chi connectivity index (χ4v) is 2.90. The summed E-state index contributed by atoms with van der Waals surface area (Å²) in [4.78, 5) is 10.4. The zero-order valence-corrected chi connectivity index (χ0v) is 9.19. The Labute approximate surface area is 86.0 Å². The first-order valence-corrected chi connectivity index (χ1v) is 5.67. The molecule has 0 N–H and O–H groups in total. The van der Waals surface area contributed by atoms with Gasteiger partial charge in [-0.2, -0.15) is 0 Å². The molecule has 0 aliphatic carbocycles. The zero-order valence-electron chi connectivity index (χ0n) is 9.19. The van der Waals surface area contributed by atoms with Gasteiger partial charge in [-0.1, -0.05) is 0 Å². The van der Waals surface area contributed by atoms with Crippen molar-refractivity contribution in [2.75, 3.05) is 39.8 Å². The molecule has 2 atom stereocenters. The van der Waals surface area contributed by atoms with Crippen molar-refractivity contribution in [1.29, 1.82) is 0 Å². The summed E-state index contributed by atoms with van der Waals surface area (Å²) in [5.41, 5.74) is 0. The molecule has 0 amide bonds. The van der Waals surface area contributed by atoms with Crippen LogP contribution in [0.25, 0.3) is 0 Å². The fraction of sp³-hybridized carbons (Fsp3) is 1.00. The van der Waals surface area contributed by atoms with Gasteiger partial charge in [-0.05, 0) is 13.8 Å². The van der Waals surface area contributed by atoms with Crippen LogP contribution in [0.3, 0.4) is 0 Å². The molecular formula is C10H20N4. The second-order valence-corrected chi connectivity index (χ2v) is 5.01. The lowest BCUT2D eigenvalue weighted by Crippen LogP contribution is -2.44. The van der Waals surface area contributed by atoms with Crippen LogP contribution in [0.5, 0.6) is 0 Å². The van der Waals surface area contributed by atoms with Crippen LogP contribution in [-0.4, -0.2) is 71.4 Å². The van der Waals surface area contributed by atoms with Crippen LogP contribution in [0, 0.1) is 0 Å². The number of nitrogens with zero attached hydrogens (tertiary/aromatic N) is 4. The number of rotatable bonds is 0. The van der Waals surface area contributed by atoms with Gasteiger partial charge in [0.15, 0.2) is 0 Å². The van der Waals surface area contributed by atoms with Crippen LogP contribution in [-0.2, 0) is 0 Å². The number of fused-ring (bicyclic) bond motifs is 2. The lowest BCUT2D eigenvalue weighted by Gasteiger charge is -2.30. The van der Waals surface area contributed by atoms with E-state index in [0.717, 1.165) is 0 Å². The first-order valence-electron chi connectivity index (χ1n) is 5.67. The maximum absolute atomic E-state index is 2.62. The summed E-state index contributed by atoms with van der Waals surface area (Å²) in [7, 11) is 0. The highest BCUT2D eigenvalue weighted by atomic mass is 15.6. The summed E-state index contributed by atoms with van der Waals surface area (Å²) in [5.74, 6) is 0. The number of hydrogen-bond acceptors (Lipinski definition) is 4. The molecule has 14 heavy (non-hydrogen) atoms. The van der Waals surface area contributed by atoms with Gasteiger partial charge in [0.25, 0.3) is 0 Å². The Morgan fingerprint density at radius 3 is 1.43 bits per heavy atom. The molecule has 4 nitrogen and oxygen atoms in total. The summed E-state index contributed by atoms with van der Waals surface area (Å²) >= 11 is 0. The molecule has 4 aliphatic heterocycles. The van der Waals surface area contributed by atoms with Gasteiger partial charge < -0.3 is 0 Å². The Balaban J connectivity index is 1.96. The molecule has 0 radical (unpaired) electrons. The van der Waals surface area contributed by atoms with E-state index in [1.54, 1.807) is 0 Å². The number of hydrogen-bond donors (Lipinski definition) is 0. The van der Waals surface area contributed by atoms with Crippen molar-refractivity contribution in [2.24, 2.45) is 0 Å². The summed E-state index contributed by atoms with van der Waals surface area (Å²) in [6.45, 7) is 11.9. The third kappa shape index (κ3) is 1.29. The summed E-state index contributed by atoms with van der Waals surface area (Å²) in [5, 5.41) is 0. The predicted octanol–water partition coefficient (Wildman–Crippen LogP) is -0.158. The van der Waals surface area contributed by atoms with E-state index in [4.69, 9.17) is 0 Å². The highest BCUT2D eigenvalue weighted by molar-refractivity contribution is 4.89. The molecular weight excluding hydrogens is 176 g/mol. The van der Waals surface area contributed by atoms with Crippen molar-refractivity contribution in [3.63, 3.8) is 0 Å². The summed E-state index contributed by atoms with van der Waals surface area (Å²) in [6, 6.07) is 1.39. The topological polar surface area (TPSA) is 13.0 Å². The molecule has 0 spiro atoms. The Bertz CT molecular complexity index is 196. The Kier molecular flexibility index (Phi) is 2.06. The maximum atomic E-state index is 2.62. The molecule has 0 aromatic carbocycles. The Hall–Kier alpha value is -0.160. The quantitative estimate of drug-likeness (QED) is 0.534. The van der Waals surface area contributed by atoms with Gasteiger partial charge in [0.05, 0.1) is 26.7 Å². The van der Waals surface area contributed by atoms with Crippen molar-refractivity contribution < 1.29 is 0 Å². The van der Waals surface area contributed by atoms with E-state index >= 15 is 0 Å². The lowest BCUT2D eigenvalue weighted by molar-refractivity contribution is 0.0640. The molecule has 4 saturated heterocycles. The molecule has 0 aromatic heterocycles. The third-order valence-electron chi connectivity index (χ3n) is 4.11. The molecule has 80 valence electrons. The minimum absolute atomic E-state index is 0.697. The molecule has 0 saturated carbocycles. The van der Waals surface area contributed by atoms with E-state index in [1.165, 1.54) is 39.8 Å². The fourth-order valence-electron chi connectivity index (χ4n) is 2.90. The van der Waals surface area contributed by atoms with Crippen molar-refractivity contribution in [3.8, 4) is 0 Å². The van der Waals surface area contributed by atoms with Gasteiger partial charge in [0.2, 0.25) is 0 Å². The van der Waals surface area contributed by atoms with E-state index in [1.807, 2.05) is 0 Å². The highest BCUT2D eigenvalue weighted by Crippen LogP contribution is 2.23. The molecule has 0 aromatic rings. The van der Waals surface area contributed by atoms with Gasteiger partial charge in [-0.15, -0.1) is 0 Å². The average Bonchev–Trinajstić information content (AvgIpc) is 2.52. The zero-order chi connectivity index (χ0) is 9.71. The van der Waals surface area contributed by atoms with Crippen molar-refractivity contribution in [3.05, 3.63) is 0 Å². The normalized spacial score (nSPS) is 57.0. The smallest absolute Gasteiger partial charge is 0.0534 e. The van der Waals surface area contributed by atoms with Crippen LogP contribution in [0.4, 0.5) is 0 Å². The van der Waals surface area contributed by atoms with Crippen molar-refractivity contribution in [1.82, 2.24) is 19.6 Å². The molecule has 4 heteroatoms. The van der Waals surface area contributed by atoms with Crippen molar-refractivity contribution >= 4 is 0 Å².